The summed E-state index contributed by atoms with van der Waals surface area (Å²) in [6.07, 6.45) is 9.73. The highest BCUT2D eigenvalue weighted by molar-refractivity contribution is 5.93. The molecule has 5 heterocycles. The maximum atomic E-state index is 13.0. The second-order valence-electron chi connectivity index (χ2n) is 9.48. The smallest absolute Gasteiger partial charge is 0.327 e. The van der Waals surface area contributed by atoms with Crippen molar-refractivity contribution in [3.63, 3.8) is 0 Å². The van der Waals surface area contributed by atoms with Crippen LogP contribution in [0.5, 0.6) is 0 Å². The fourth-order valence-electron chi connectivity index (χ4n) is 5.67. The minimum absolute atomic E-state index is 0.0187. The third-order valence-electron chi connectivity index (χ3n) is 7.66. The van der Waals surface area contributed by atoms with Gasteiger partial charge in [0.15, 0.2) is 5.65 Å². The van der Waals surface area contributed by atoms with E-state index in [9.17, 15) is 9.59 Å². The fraction of sp³-hybridized carbons (Fsp3) is 0.522. The van der Waals surface area contributed by atoms with Gasteiger partial charge in [-0.05, 0) is 49.7 Å². The molecule has 3 fully saturated rings. The summed E-state index contributed by atoms with van der Waals surface area (Å²) in [6.45, 7) is 3.23. The van der Waals surface area contributed by atoms with Crippen LogP contribution in [0.1, 0.15) is 55.1 Å². The molecule has 1 spiro atoms. The Hall–Kier alpha value is -3.23. The Balaban J connectivity index is 1.16. The predicted molar refractivity (Wildman–Crippen MR) is 120 cm³/mol. The van der Waals surface area contributed by atoms with E-state index in [-0.39, 0.29) is 17.6 Å². The highest BCUT2D eigenvalue weighted by Gasteiger charge is 2.44. The quantitative estimate of drug-likeness (QED) is 0.681. The van der Waals surface area contributed by atoms with Gasteiger partial charge in [0.05, 0.1) is 5.52 Å². The lowest BCUT2D eigenvalue weighted by Gasteiger charge is -2.37. The molecule has 6 rings (SSSR count). The fourth-order valence-corrected chi connectivity index (χ4v) is 5.67. The molecule has 1 aliphatic carbocycles. The van der Waals surface area contributed by atoms with Gasteiger partial charge in [-0.1, -0.05) is 6.42 Å². The van der Waals surface area contributed by atoms with E-state index in [0.29, 0.717) is 16.8 Å². The molecule has 0 bridgehead atoms. The van der Waals surface area contributed by atoms with Crippen LogP contribution < -0.4 is 10.6 Å². The Morgan fingerprint density at radius 1 is 1.09 bits per heavy atom. The summed E-state index contributed by atoms with van der Waals surface area (Å²) in [6, 6.07) is 5.73. The Morgan fingerprint density at radius 2 is 1.94 bits per heavy atom. The third-order valence-corrected chi connectivity index (χ3v) is 7.66. The summed E-state index contributed by atoms with van der Waals surface area (Å²) in [5.41, 5.74) is 2.23. The van der Waals surface area contributed by atoms with Gasteiger partial charge in [-0.2, -0.15) is 0 Å². The summed E-state index contributed by atoms with van der Waals surface area (Å²) in [4.78, 5) is 45.5. The minimum Gasteiger partial charge on any atom is -0.356 e. The van der Waals surface area contributed by atoms with Crippen LogP contribution in [-0.2, 0) is 0 Å². The zero-order valence-corrected chi connectivity index (χ0v) is 18.0. The van der Waals surface area contributed by atoms with Gasteiger partial charge in [0.25, 0.3) is 5.91 Å². The second-order valence-corrected chi connectivity index (χ2v) is 9.48. The van der Waals surface area contributed by atoms with Gasteiger partial charge >= 0.3 is 5.69 Å². The average molecular weight is 434 g/mol. The number of carbonyl (C=O) groups excluding carboxylic acids is 1. The number of aromatic nitrogens is 5. The largest absolute Gasteiger partial charge is 0.356 e. The molecule has 0 radical (unpaired) electrons. The van der Waals surface area contributed by atoms with E-state index in [2.05, 4.69) is 24.8 Å². The molecule has 3 aromatic heterocycles. The first-order valence-electron chi connectivity index (χ1n) is 11.5. The first-order valence-corrected chi connectivity index (χ1v) is 11.5. The number of nitrogens with zero attached hydrogens (tertiary/aromatic N) is 6. The van der Waals surface area contributed by atoms with E-state index >= 15 is 0 Å². The first-order chi connectivity index (χ1) is 15.6. The lowest BCUT2D eigenvalue weighted by molar-refractivity contribution is 0.0726. The highest BCUT2D eigenvalue weighted by atomic mass is 16.2. The van der Waals surface area contributed by atoms with Crippen molar-refractivity contribution < 1.29 is 4.79 Å². The number of pyridine rings is 1. The Morgan fingerprint density at radius 3 is 2.69 bits per heavy atom. The normalized spacial score (nSPS) is 20.8. The van der Waals surface area contributed by atoms with Crippen LogP contribution in [0.2, 0.25) is 0 Å². The van der Waals surface area contributed by atoms with Crippen molar-refractivity contribution in [2.75, 3.05) is 31.1 Å². The van der Waals surface area contributed by atoms with Crippen molar-refractivity contribution in [3.05, 3.63) is 46.9 Å². The third kappa shape index (κ3) is 3.18. The molecule has 3 aromatic rings. The molecule has 166 valence electrons. The van der Waals surface area contributed by atoms with Crippen molar-refractivity contribution in [1.29, 1.82) is 0 Å². The van der Waals surface area contributed by atoms with Crippen LogP contribution in [0.4, 0.5) is 5.82 Å². The molecule has 0 atom stereocenters. The van der Waals surface area contributed by atoms with Crippen molar-refractivity contribution in [2.24, 2.45) is 5.41 Å². The molecule has 1 amide bonds. The number of likely N-dealkylation sites (tertiary alicyclic amines) is 1. The van der Waals surface area contributed by atoms with Gasteiger partial charge in [-0.15, -0.1) is 0 Å². The number of fused-ring (bicyclic) bond motifs is 1. The summed E-state index contributed by atoms with van der Waals surface area (Å²) in [5.74, 6) is 0.803. The monoisotopic (exact) mass is 433 g/mol. The Bertz CT molecular complexity index is 1220. The topological polar surface area (TPSA) is 100 Å². The number of anilines is 1. The summed E-state index contributed by atoms with van der Waals surface area (Å²) >= 11 is 0. The van der Waals surface area contributed by atoms with E-state index in [1.807, 2.05) is 27.7 Å². The van der Waals surface area contributed by atoms with Gasteiger partial charge in [-0.25, -0.2) is 19.7 Å². The molecule has 32 heavy (non-hydrogen) atoms. The SMILES string of the molecule is O=C(c1cc(N2CCC(n3c(=O)[nH]c4ncccc43)CC2)ncn1)N1CCC2(CCC2)C1. The van der Waals surface area contributed by atoms with Crippen LogP contribution in [-0.4, -0.2) is 61.5 Å². The van der Waals surface area contributed by atoms with Crippen LogP contribution in [0.3, 0.4) is 0 Å². The molecule has 0 unspecified atom stereocenters. The molecule has 1 N–H and O–H groups in total. The number of rotatable bonds is 3. The summed E-state index contributed by atoms with van der Waals surface area (Å²) in [7, 11) is 0. The van der Waals surface area contributed by atoms with Crippen LogP contribution in [0.25, 0.3) is 11.2 Å². The molecule has 2 saturated heterocycles. The molecular weight excluding hydrogens is 406 g/mol. The molecule has 3 aliphatic rings. The maximum Gasteiger partial charge on any atom is 0.327 e. The van der Waals surface area contributed by atoms with Gasteiger partial charge in [0, 0.05) is 44.5 Å². The average Bonchev–Trinajstić information content (AvgIpc) is 3.40. The molecule has 9 nitrogen and oxygen atoms in total. The Kier molecular flexibility index (Phi) is 4.51. The van der Waals surface area contributed by atoms with Crippen molar-refractivity contribution in [1.82, 2.24) is 29.4 Å². The van der Waals surface area contributed by atoms with Crippen molar-refractivity contribution in [3.8, 4) is 0 Å². The molecule has 0 aromatic carbocycles. The number of hydrogen-bond donors (Lipinski definition) is 1. The number of H-pyrrole nitrogens is 1. The number of nitrogens with one attached hydrogen (secondary N) is 1. The van der Waals surface area contributed by atoms with Gasteiger partial charge < -0.3 is 9.80 Å². The highest BCUT2D eigenvalue weighted by Crippen LogP contribution is 2.48. The van der Waals surface area contributed by atoms with Gasteiger partial charge in [0.1, 0.15) is 17.8 Å². The number of hydrogen-bond acceptors (Lipinski definition) is 6. The van der Waals surface area contributed by atoms with E-state index < -0.39 is 0 Å². The van der Waals surface area contributed by atoms with E-state index in [1.165, 1.54) is 25.6 Å². The number of imidazole rings is 1. The minimum atomic E-state index is -0.109. The summed E-state index contributed by atoms with van der Waals surface area (Å²) < 4.78 is 1.83. The summed E-state index contributed by atoms with van der Waals surface area (Å²) in [5, 5.41) is 0. The van der Waals surface area contributed by atoms with Gasteiger partial charge in [-0.3, -0.25) is 14.3 Å². The maximum absolute atomic E-state index is 13.0. The van der Waals surface area contributed by atoms with Gasteiger partial charge in [0.2, 0.25) is 0 Å². The van der Waals surface area contributed by atoms with Crippen LogP contribution in [0.15, 0.2) is 35.5 Å². The van der Waals surface area contributed by atoms with E-state index in [1.54, 1.807) is 6.20 Å². The zero-order valence-electron chi connectivity index (χ0n) is 18.0. The lowest BCUT2D eigenvalue weighted by Crippen LogP contribution is -2.38. The van der Waals surface area contributed by atoms with Crippen molar-refractivity contribution in [2.45, 2.75) is 44.6 Å². The molecule has 9 heteroatoms. The van der Waals surface area contributed by atoms with E-state index in [0.717, 1.165) is 56.8 Å². The Labute approximate surface area is 185 Å². The first kappa shape index (κ1) is 19.5. The van der Waals surface area contributed by atoms with Crippen LogP contribution in [0, 0.1) is 5.41 Å². The number of piperidine rings is 1. The molecular formula is C23H27N7O2. The van der Waals surface area contributed by atoms with E-state index in [4.69, 9.17) is 0 Å². The molecule has 1 saturated carbocycles. The predicted octanol–water partition coefficient (Wildman–Crippen LogP) is 2.37. The lowest BCUT2D eigenvalue weighted by atomic mass is 9.68. The van der Waals surface area contributed by atoms with Crippen LogP contribution >= 0.6 is 0 Å². The number of amides is 1. The zero-order chi connectivity index (χ0) is 21.7. The standard InChI is InChI=1S/C23H27N7O2/c31-21(29-12-8-23(14-29)6-2-7-23)17-13-19(26-15-25-17)28-10-4-16(5-11-28)30-18-3-1-9-24-20(18)27-22(30)32/h1,3,9,13,15-16H,2,4-8,10-12,14H2,(H,24,27,32). The molecule has 2 aliphatic heterocycles. The number of aromatic amines is 1. The second kappa shape index (κ2) is 7.43. The van der Waals surface area contributed by atoms with Crippen molar-refractivity contribution >= 4 is 22.9 Å². The number of carbonyl (C=O) groups is 1.